The van der Waals surface area contributed by atoms with Crippen molar-refractivity contribution >= 4 is 54.8 Å². The predicted molar refractivity (Wildman–Crippen MR) is 145 cm³/mol. The molecule has 0 radical (unpaired) electrons. The predicted octanol–water partition coefficient (Wildman–Crippen LogP) is 3.20. The van der Waals surface area contributed by atoms with Gasteiger partial charge in [0.2, 0.25) is 26.0 Å². The molecule has 0 aliphatic carbocycles. The normalized spacial score (nSPS) is 18.3. The summed E-state index contributed by atoms with van der Waals surface area (Å²) in [6, 6.07) is 9.00. The van der Waals surface area contributed by atoms with Crippen LogP contribution in [0.25, 0.3) is 0 Å². The fourth-order valence-electron chi connectivity index (χ4n) is 4.44. The molecule has 2 aliphatic rings. The molecule has 0 atom stereocenters. The van der Waals surface area contributed by atoms with E-state index >= 15 is 0 Å². The zero-order valence-corrected chi connectivity index (χ0v) is 23.9. The molecule has 0 saturated carbocycles. The average molecular weight is 607 g/mol. The number of sulfonamides is 2. The van der Waals surface area contributed by atoms with Gasteiger partial charge in [-0.1, -0.05) is 29.3 Å². The van der Waals surface area contributed by atoms with E-state index in [1.54, 1.807) is 12.1 Å². The molecule has 10 nitrogen and oxygen atoms in total. The molecule has 208 valence electrons. The summed E-state index contributed by atoms with van der Waals surface area (Å²) in [4.78, 5) is 13.1. The first-order valence-electron chi connectivity index (χ1n) is 12.0. The highest BCUT2D eigenvalue weighted by Crippen LogP contribution is 2.31. The first kappa shape index (κ1) is 29.1. The van der Waals surface area contributed by atoms with Gasteiger partial charge in [0.1, 0.15) is 5.75 Å². The lowest BCUT2D eigenvalue weighted by atomic mass is 9.97. The van der Waals surface area contributed by atoms with Gasteiger partial charge in [-0.25, -0.2) is 21.1 Å². The second-order valence-electron chi connectivity index (χ2n) is 9.03. The number of ether oxygens (including phenoxy) is 2. The number of hydrogen-bond donors (Lipinski definition) is 1. The zero-order chi connectivity index (χ0) is 27.5. The van der Waals surface area contributed by atoms with Gasteiger partial charge < -0.3 is 14.8 Å². The molecule has 0 unspecified atom stereocenters. The second kappa shape index (κ2) is 12.1. The van der Waals surface area contributed by atoms with Crippen molar-refractivity contribution in [2.24, 2.45) is 5.92 Å². The lowest BCUT2D eigenvalue weighted by Gasteiger charge is -2.31. The first-order chi connectivity index (χ1) is 18.0. The van der Waals surface area contributed by atoms with Gasteiger partial charge in [-0.2, -0.15) is 4.31 Å². The topological polar surface area (TPSA) is 122 Å². The third-order valence-corrected chi connectivity index (χ3v) is 10.9. The third kappa shape index (κ3) is 6.61. The fraction of sp³-hybridized carbons (Fsp3) is 0.458. The Hall–Kier alpha value is -1.93. The number of carbonyl (C=O) groups is 1. The summed E-state index contributed by atoms with van der Waals surface area (Å²) >= 11 is 12.0. The van der Waals surface area contributed by atoms with Crippen molar-refractivity contribution in [3.63, 3.8) is 0 Å². The lowest BCUT2D eigenvalue weighted by molar-refractivity contribution is -0.120. The third-order valence-electron chi connectivity index (χ3n) is 6.61. The fourth-order valence-corrected chi connectivity index (χ4v) is 8.02. The van der Waals surface area contributed by atoms with Crippen molar-refractivity contribution in [1.29, 1.82) is 0 Å². The number of hydrogen-bond acceptors (Lipinski definition) is 7. The average Bonchev–Trinajstić information content (AvgIpc) is 2.90. The monoisotopic (exact) mass is 605 g/mol. The summed E-state index contributed by atoms with van der Waals surface area (Å²) in [5.41, 5.74) is 0.689. The number of rotatable bonds is 8. The molecule has 38 heavy (non-hydrogen) atoms. The number of anilines is 1. The van der Waals surface area contributed by atoms with Gasteiger partial charge in [0.05, 0.1) is 36.7 Å². The Morgan fingerprint density at radius 2 is 1.68 bits per heavy atom. The Labute approximate surface area is 232 Å². The summed E-state index contributed by atoms with van der Waals surface area (Å²) in [6.07, 6.45) is 0.626. The van der Waals surface area contributed by atoms with E-state index in [4.69, 9.17) is 32.7 Å². The van der Waals surface area contributed by atoms with Crippen LogP contribution in [0.15, 0.2) is 41.3 Å². The molecule has 2 heterocycles. The van der Waals surface area contributed by atoms with E-state index in [1.807, 2.05) is 0 Å². The lowest BCUT2D eigenvalue weighted by Crippen LogP contribution is -2.42. The highest BCUT2D eigenvalue weighted by molar-refractivity contribution is 7.89. The molecule has 2 saturated heterocycles. The number of piperidine rings is 1. The number of amides is 1. The smallest absolute Gasteiger partial charge is 0.243 e. The highest BCUT2D eigenvalue weighted by Gasteiger charge is 2.32. The Kier molecular flexibility index (Phi) is 9.23. The standard InChI is InChI=1S/C24H29Cl2N3O7S2/c1-35-23-5-4-20(38(33,34)29-10-12-36-13-11-29)15-22(23)27-24(30)17-6-8-28(9-7-17)37(31,32)16-18-2-3-19(25)14-21(18)26/h2-5,14-15,17H,6-13,16H2,1H3,(H,27,30). The van der Waals surface area contributed by atoms with Crippen LogP contribution in [0.2, 0.25) is 10.0 Å². The van der Waals surface area contributed by atoms with Crippen molar-refractivity contribution in [3.8, 4) is 5.75 Å². The van der Waals surface area contributed by atoms with Crippen LogP contribution in [0.5, 0.6) is 5.75 Å². The highest BCUT2D eigenvalue weighted by atomic mass is 35.5. The summed E-state index contributed by atoms with van der Waals surface area (Å²) in [7, 11) is -5.99. The molecule has 2 fully saturated rings. The van der Waals surface area contributed by atoms with E-state index < -0.39 is 26.0 Å². The first-order valence-corrected chi connectivity index (χ1v) is 15.8. The van der Waals surface area contributed by atoms with Gasteiger partial charge in [-0.3, -0.25) is 4.79 Å². The van der Waals surface area contributed by atoms with Gasteiger partial charge in [0, 0.05) is 42.1 Å². The van der Waals surface area contributed by atoms with Gasteiger partial charge in [-0.15, -0.1) is 0 Å². The van der Waals surface area contributed by atoms with E-state index in [9.17, 15) is 21.6 Å². The van der Waals surface area contributed by atoms with Gasteiger partial charge in [-0.05, 0) is 48.7 Å². The van der Waals surface area contributed by atoms with Crippen molar-refractivity contribution in [2.45, 2.75) is 23.5 Å². The number of halogens is 2. The Morgan fingerprint density at radius 1 is 1.00 bits per heavy atom. The van der Waals surface area contributed by atoms with Crippen molar-refractivity contribution < 1.29 is 31.1 Å². The Morgan fingerprint density at radius 3 is 2.32 bits per heavy atom. The van der Waals surface area contributed by atoms with E-state index in [1.165, 1.54) is 40.0 Å². The molecular weight excluding hydrogens is 577 g/mol. The van der Waals surface area contributed by atoms with E-state index in [2.05, 4.69) is 5.32 Å². The minimum atomic E-state index is -3.77. The number of nitrogens with zero attached hydrogens (tertiary/aromatic N) is 2. The quantitative estimate of drug-likeness (QED) is 0.490. The molecule has 2 aliphatic heterocycles. The summed E-state index contributed by atoms with van der Waals surface area (Å²) in [5.74, 6) is -0.729. The second-order valence-corrected chi connectivity index (χ2v) is 13.8. The SMILES string of the molecule is COc1ccc(S(=O)(=O)N2CCOCC2)cc1NC(=O)C1CCN(S(=O)(=O)Cc2ccc(Cl)cc2Cl)CC1. The largest absolute Gasteiger partial charge is 0.495 e. The molecule has 0 spiro atoms. The summed E-state index contributed by atoms with van der Waals surface area (Å²) < 4.78 is 65.3. The molecule has 2 aromatic rings. The van der Waals surface area contributed by atoms with Gasteiger partial charge in [0.25, 0.3) is 0 Å². The maximum atomic E-state index is 13.1. The van der Waals surface area contributed by atoms with Gasteiger partial charge >= 0.3 is 0 Å². The maximum absolute atomic E-state index is 13.1. The summed E-state index contributed by atoms with van der Waals surface area (Å²) in [5, 5.41) is 3.48. The molecule has 0 bridgehead atoms. The van der Waals surface area contributed by atoms with E-state index in [0.29, 0.717) is 42.4 Å². The Balaban J connectivity index is 1.41. The molecule has 14 heteroatoms. The Bertz CT molecular complexity index is 1390. The molecular formula is C24H29Cl2N3O7S2. The van der Waals surface area contributed by atoms with Crippen LogP contribution in [0.4, 0.5) is 5.69 Å². The molecule has 4 rings (SSSR count). The van der Waals surface area contributed by atoms with Crippen molar-refractivity contribution in [1.82, 2.24) is 8.61 Å². The van der Waals surface area contributed by atoms with Gasteiger partial charge in [0.15, 0.2) is 0 Å². The van der Waals surface area contributed by atoms with Crippen LogP contribution >= 0.6 is 23.2 Å². The van der Waals surface area contributed by atoms with Crippen LogP contribution in [0.3, 0.4) is 0 Å². The molecule has 1 amide bonds. The van der Waals surface area contributed by atoms with Crippen LogP contribution in [-0.4, -0.2) is 77.9 Å². The summed E-state index contributed by atoms with van der Waals surface area (Å²) in [6.45, 7) is 1.49. The van der Waals surface area contributed by atoms with Crippen molar-refractivity contribution in [2.75, 3.05) is 51.8 Å². The van der Waals surface area contributed by atoms with Crippen LogP contribution in [0, 0.1) is 5.92 Å². The minimum absolute atomic E-state index is 0.0391. The van der Waals surface area contributed by atoms with E-state index in [-0.39, 0.29) is 53.4 Å². The number of nitrogens with one attached hydrogen (secondary N) is 1. The van der Waals surface area contributed by atoms with Crippen LogP contribution < -0.4 is 10.1 Å². The molecule has 0 aromatic heterocycles. The van der Waals surface area contributed by atoms with Crippen LogP contribution in [-0.2, 0) is 35.3 Å². The number of benzene rings is 2. The molecule has 1 N–H and O–H groups in total. The number of methoxy groups -OCH3 is 1. The molecule has 2 aromatic carbocycles. The van der Waals surface area contributed by atoms with Crippen LogP contribution in [0.1, 0.15) is 18.4 Å². The number of carbonyl (C=O) groups excluding carboxylic acids is 1. The number of morpholine rings is 1. The van der Waals surface area contributed by atoms with Crippen molar-refractivity contribution in [3.05, 3.63) is 52.0 Å². The van der Waals surface area contributed by atoms with E-state index in [0.717, 1.165) is 0 Å². The minimum Gasteiger partial charge on any atom is -0.495 e. The maximum Gasteiger partial charge on any atom is 0.243 e. The zero-order valence-electron chi connectivity index (χ0n) is 20.7.